The lowest BCUT2D eigenvalue weighted by Gasteiger charge is -2.25. The predicted octanol–water partition coefficient (Wildman–Crippen LogP) is 3.05. The number of H-pyrrole nitrogens is 1. The molecule has 0 fully saturated rings. The fourth-order valence-electron chi connectivity index (χ4n) is 3.73. The van der Waals surface area contributed by atoms with E-state index in [1.165, 1.54) is 4.90 Å². The molecule has 0 saturated heterocycles. The lowest BCUT2D eigenvalue weighted by atomic mass is 9.95. The van der Waals surface area contributed by atoms with Gasteiger partial charge in [-0.1, -0.05) is 6.07 Å². The van der Waals surface area contributed by atoms with Crippen LogP contribution in [0, 0.1) is 12.8 Å². The molecule has 1 atom stereocenters. The average Bonchev–Trinajstić information content (AvgIpc) is 3.27. The fraction of sp³-hybridized carbons (Fsp3) is 0.320. The SMILES string of the molecule is COc1ccc2c(c1)CC(C(=O)Nc1ccc(-c3c[nH]nc3C)cc1OCC(=O)N(C)C)CO2. The Morgan fingerprint density at radius 3 is 2.76 bits per heavy atom. The minimum atomic E-state index is -0.383. The number of aromatic nitrogens is 2. The van der Waals surface area contributed by atoms with Gasteiger partial charge in [-0.15, -0.1) is 0 Å². The second kappa shape index (κ2) is 9.86. The van der Waals surface area contributed by atoms with Gasteiger partial charge in [0.25, 0.3) is 5.91 Å². The lowest BCUT2D eigenvalue weighted by molar-refractivity contribution is -0.130. The summed E-state index contributed by atoms with van der Waals surface area (Å²) in [6.45, 7) is 2.02. The van der Waals surface area contributed by atoms with E-state index in [0.29, 0.717) is 17.9 Å². The first kappa shape index (κ1) is 23.2. The number of carbonyl (C=O) groups excluding carboxylic acids is 2. The van der Waals surface area contributed by atoms with Gasteiger partial charge in [0, 0.05) is 25.9 Å². The second-order valence-corrected chi connectivity index (χ2v) is 8.35. The Morgan fingerprint density at radius 1 is 1.24 bits per heavy atom. The smallest absolute Gasteiger partial charge is 0.259 e. The van der Waals surface area contributed by atoms with Crippen LogP contribution in [0.1, 0.15) is 11.3 Å². The largest absolute Gasteiger partial charge is 0.497 e. The summed E-state index contributed by atoms with van der Waals surface area (Å²) in [6.07, 6.45) is 2.32. The third-order valence-corrected chi connectivity index (χ3v) is 5.78. The van der Waals surface area contributed by atoms with Crippen LogP contribution in [0.4, 0.5) is 5.69 Å². The molecule has 1 aliphatic heterocycles. The molecule has 0 bridgehead atoms. The van der Waals surface area contributed by atoms with Crippen LogP contribution in [0.15, 0.2) is 42.6 Å². The van der Waals surface area contributed by atoms with E-state index in [1.807, 2.05) is 31.2 Å². The summed E-state index contributed by atoms with van der Waals surface area (Å²) in [4.78, 5) is 26.7. The van der Waals surface area contributed by atoms with Gasteiger partial charge >= 0.3 is 0 Å². The summed E-state index contributed by atoms with van der Waals surface area (Å²) in [7, 11) is 4.93. The highest BCUT2D eigenvalue weighted by atomic mass is 16.5. The molecule has 0 spiro atoms. The maximum Gasteiger partial charge on any atom is 0.259 e. The Kier molecular flexibility index (Phi) is 6.72. The van der Waals surface area contributed by atoms with Crippen molar-refractivity contribution in [3.8, 4) is 28.4 Å². The summed E-state index contributed by atoms with van der Waals surface area (Å²) in [6, 6.07) is 11.0. The topological polar surface area (TPSA) is 106 Å². The van der Waals surface area contributed by atoms with E-state index < -0.39 is 0 Å². The number of likely N-dealkylation sites (N-methyl/N-ethyl adjacent to an activating group) is 1. The molecule has 4 rings (SSSR count). The molecule has 2 amide bonds. The Bertz CT molecular complexity index is 1200. The molecule has 0 aliphatic carbocycles. The summed E-state index contributed by atoms with van der Waals surface area (Å²) in [5.74, 6) is 1.12. The van der Waals surface area contributed by atoms with Crippen LogP contribution in [-0.2, 0) is 16.0 Å². The maximum absolute atomic E-state index is 13.1. The van der Waals surface area contributed by atoms with Crippen LogP contribution in [0.5, 0.6) is 17.2 Å². The predicted molar refractivity (Wildman–Crippen MR) is 127 cm³/mol. The van der Waals surface area contributed by atoms with E-state index in [4.69, 9.17) is 14.2 Å². The maximum atomic E-state index is 13.1. The molecule has 34 heavy (non-hydrogen) atoms. The van der Waals surface area contributed by atoms with Crippen LogP contribution in [0.25, 0.3) is 11.1 Å². The molecule has 3 aromatic rings. The molecule has 178 valence electrons. The molecule has 1 aliphatic rings. The summed E-state index contributed by atoms with van der Waals surface area (Å²) in [5.41, 5.74) is 4.01. The highest BCUT2D eigenvalue weighted by molar-refractivity contribution is 5.95. The van der Waals surface area contributed by atoms with E-state index >= 15 is 0 Å². The van der Waals surface area contributed by atoms with Crippen molar-refractivity contribution in [2.45, 2.75) is 13.3 Å². The van der Waals surface area contributed by atoms with Gasteiger partial charge < -0.3 is 24.4 Å². The molecule has 9 nitrogen and oxygen atoms in total. The summed E-state index contributed by atoms with van der Waals surface area (Å²) in [5, 5.41) is 9.96. The minimum absolute atomic E-state index is 0.149. The molecular weight excluding hydrogens is 436 g/mol. The first-order valence-electron chi connectivity index (χ1n) is 10.9. The van der Waals surface area contributed by atoms with Crippen LogP contribution < -0.4 is 19.5 Å². The van der Waals surface area contributed by atoms with E-state index in [2.05, 4.69) is 15.5 Å². The number of hydrogen-bond acceptors (Lipinski definition) is 6. The lowest BCUT2D eigenvalue weighted by Crippen LogP contribution is -2.33. The average molecular weight is 465 g/mol. The van der Waals surface area contributed by atoms with Gasteiger partial charge in [-0.25, -0.2) is 0 Å². The van der Waals surface area contributed by atoms with Gasteiger partial charge in [-0.3, -0.25) is 14.7 Å². The minimum Gasteiger partial charge on any atom is -0.497 e. The highest BCUT2D eigenvalue weighted by Gasteiger charge is 2.27. The zero-order chi connectivity index (χ0) is 24.2. The number of nitrogens with zero attached hydrogens (tertiary/aromatic N) is 2. The number of rotatable bonds is 7. The number of benzene rings is 2. The second-order valence-electron chi connectivity index (χ2n) is 8.35. The molecule has 2 heterocycles. The number of carbonyl (C=O) groups is 2. The van der Waals surface area contributed by atoms with Gasteiger partial charge in [0.2, 0.25) is 5.91 Å². The standard InChI is InChI=1S/C25H28N4O5/c1-15-20(12-26-28-15)16-5-7-21(23(11-16)34-14-24(30)29(2)3)27-25(31)18-9-17-10-19(32-4)6-8-22(17)33-13-18/h5-8,10-12,18H,9,13-14H2,1-4H3,(H,26,28)(H,27,31). The van der Waals surface area contributed by atoms with Crippen LogP contribution >= 0.6 is 0 Å². The van der Waals surface area contributed by atoms with E-state index in [0.717, 1.165) is 33.9 Å². The van der Waals surface area contributed by atoms with Gasteiger partial charge in [-0.2, -0.15) is 5.10 Å². The number of hydrogen-bond donors (Lipinski definition) is 2. The van der Waals surface area contributed by atoms with Crippen molar-refractivity contribution >= 4 is 17.5 Å². The van der Waals surface area contributed by atoms with Gasteiger partial charge in [0.05, 0.1) is 24.4 Å². The molecule has 2 aromatic carbocycles. The number of ether oxygens (including phenoxy) is 3. The Labute approximate surface area is 198 Å². The van der Waals surface area contributed by atoms with Crippen LogP contribution in [0.2, 0.25) is 0 Å². The van der Waals surface area contributed by atoms with Gasteiger partial charge in [-0.05, 0) is 54.8 Å². The Hall–Kier alpha value is -4.01. The van der Waals surface area contributed by atoms with Crippen LogP contribution in [-0.4, -0.2) is 61.3 Å². The van der Waals surface area contributed by atoms with Crippen molar-refractivity contribution in [1.29, 1.82) is 0 Å². The molecule has 0 radical (unpaired) electrons. The monoisotopic (exact) mass is 464 g/mol. The third kappa shape index (κ3) is 4.98. The van der Waals surface area contributed by atoms with Crippen molar-refractivity contribution in [3.63, 3.8) is 0 Å². The third-order valence-electron chi connectivity index (χ3n) is 5.78. The van der Waals surface area contributed by atoms with Gasteiger partial charge in [0.15, 0.2) is 6.61 Å². The van der Waals surface area contributed by atoms with E-state index in [9.17, 15) is 9.59 Å². The number of methoxy groups -OCH3 is 1. The van der Waals surface area contributed by atoms with Crippen molar-refractivity contribution in [2.24, 2.45) is 5.92 Å². The van der Waals surface area contributed by atoms with E-state index in [1.54, 1.807) is 39.5 Å². The number of nitrogens with one attached hydrogen (secondary N) is 2. The molecule has 1 aromatic heterocycles. The zero-order valence-electron chi connectivity index (χ0n) is 19.7. The molecule has 0 saturated carbocycles. The molecule has 2 N–H and O–H groups in total. The molecular formula is C25H28N4O5. The Morgan fingerprint density at radius 2 is 2.06 bits per heavy atom. The first-order chi connectivity index (χ1) is 16.4. The fourth-order valence-corrected chi connectivity index (χ4v) is 3.73. The number of anilines is 1. The van der Waals surface area contributed by atoms with Crippen LogP contribution in [0.3, 0.4) is 0 Å². The Balaban J connectivity index is 1.55. The van der Waals surface area contributed by atoms with E-state index in [-0.39, 0.29) is 30.9 Å². The van der Waals surface area contributed by atoms with Crippen molar-refractivity contribution in [2.75, 3.05) is 39.7 Å². The number of fused-ring (bicyclic) bond motifs is 1. The molecule has 1 unspecified atom stereocenters. The number of aryl methyl sites for hydroxylation is 1. The quantitative estimate of drug-likeness (QED) is 0.557. The van der Waals surface area contributed by atoms with Crippen molar-refractivity contribution < 1.29 is 23.8 Å². The zero-order valence-corrected chi connectivity index (χ0v) is 19.7. The number of amides is 2. The summed E-state index contributed by atoms with van der Waals surface area (Å²) >= 11 is 0. The first-order valence-corrected chi connectivity index (χ1v) is 10.9. The normalized spacial score (nSPS) is 14.5. The highest BCUT2D eigenvalue weighted by Crippen LogP contribution is 2.34. The summed E-state index contributed by atoms with van der Waals surface area (Å²) < 4.78 is 16.9. The van der Waals surface area contributed by atoms with Crippen molar-refractivity contribution in [3.05, 3.63) is 53.9 Å². The van der Waals surface area contributed by atoms with Gasteiger partial charge in [0.1, 0.15) is 23.9 Å². The molecule has 9 heteroatoms. The van der Waals surface area contributed by atoms with Crippen molar-refractivity contribution in [1.82, 2.24) is 15.1 Å². The number of aromatic amines is 1.